The highest BCUT2D eigenvalue weighted by Crippen LogP contribution is 1.98. The van der Waals surface area contributed by atoms with Crippen LogP contribution in [0.5, 0.6) is 0 Å². The van der Waals surface area contributed by atoms with Gasteiger partial charge in [-0.05, 0) is 32.0 Å². The summed E-state index contributed by atoms with van der Waals surface area (Å²) in [6.45, 7) is 15.5. The fourth-order valence-corrected chi connectivity index (χ4v) is 0.973. The minimum absolute atomic E-state index is 0.648. The molecule has 0 aliphatic carbocycles. The van der Waals surface area contributed by atoms with Gasteiger partial charge in [-0.3, -0.25) is 4.98 Å². The zero-order valence-electron chi connectivity index (χ0n) is 12.0. The van der Waals surface area contributed by atoms with Crippen LogP contribution in [0.4, 0.5) is 0 Å². The average Bonchev–Trinajstić information content (AvgIpc) is 2.26. The summed E-state index contributed by atoms with van der Waals surface area (Å²) in [6.07, 6.45) is 1.81. The molecule has 0 amide bonds. The van der Waals surface area contributed by atoms with E-state index < -0.39 is 0 Å². The summed E-state index contributed by atoms with van der Waals surface area (Å²) in [6, 6.07) is 4.65. The van der Waals surface area contributed by atoms with Gasteiger partial charge < -0.3 is 5.32 Å². The van der Waals surface area contributed by atoms with Crippen LogP contribution in [0.15, 0.2) is 18.3 Å². The van der Waals surface area contributed by atoms with Crippen molar-refractivity contribution in [2.24, 2.45) is 0 Å². The monoisotopic (exact) mass is 224 g/mol. The molecule has 1 aromatic rings. The molecule has 0 fully saturated rings. The maximum atomic E-state index is 4.08. The van der Waals surface area contributed by atoms with Crippen molar-refractivity contribution in [1.29, 1.82) is 0 Å². The summed E-state index contributed by atoms with van der Waals surface area (Å²) in [5, 5.41) is 3.21. The molecule has 1 N–H and O–H groups in total. The van der Waals surface area contributed by atoms with Crippen LogP contribution in [0, 0.1) is 13.8 Å². The Morgan fingerprint density at radius 2 is 1.81 bits per heavy atom. The number of pyridine rings is 1. The number of aromatic nitrogens is 1. The number of aryl methyl sites for hydroxylation is 2. The van der Waals surface area contributed by atoms with Gasteiger partial charge in [0.25, 0.3) is 0 Å². The van der Waals surface area contributed by atoms with Gasteiger partial charge in [0.2, 0.25) is 0 Å². The van der Waals surface area contributed by atoms with Gasteiger partial charge in [0.05, 0.1) is 0 Å². The molecule has 0 aliphatic heterocycles. The molecule has 0 spiro atoms. The van der Waals surface area contributed by atoms with Crippen molar-refractivity contribution >= 4 is 0 Å². The maximum Gasteiger partial charge on any atom is 0.0401 e. The zero-order valence-corrected chi connectivity index (χ0v) is 12.0. The summed E-state index contributed by atoms with van der Waals surface area (Å²) in [5.74, 6) is 0. The zero-order chi connectivity index (χ0) is 13.0. The van der Waals surface area contributed by atoms with E-state index in [1.165, 1.54) is 5.56 Å². The van der Waals surface area contributed by atoms with Crippen molar-refractivity contribution in [2.75, 3.05) is 6.54 Å². The predicted molar refractivity (Wildman–Crippen MR) is 73.9 cm³/mol. The van der Waals surface area contributed by atoms with Gasteiger partial charge in [0, 0.05) is 17.9 Å². The van der Waals surface area contributed by atoms with E-state index in [2.05, 4.69) is 44.1 Å². The topological polar surface area (TPSA) is 24.9 Å². The Bertz CT molecular complexity index is 223. The van der Waals surface area contributed by atoms with Crippen molar-refractivity contribution in [3.63, 3.8) is 0 Å². The summed E-state index contributed by atoms with van der Waals surface area (Å²) >= 11 is 0. The van der Waals surface area contributed by atoms with E-state index in [0.29, 0.717) is 6.04 Å². The van der Waals surface area contributed by atoms with E-state index in [0.717, 1.165) is 12.2 Å². The van der Waals surface area contributed by atoms with Crippen molar-refractivity contribution in [3.05, 3.63) is 29.6 Å². The molecule has 0 saturated carbocycles. The van der Waals surface area contributed by atoms with Gasteiger partial charge >= 0.3 is 0 Å². The van der Waals surface area contributed by atoms with Crippen molar-refractivity contribution in [3.8, 4) is 0 Å². The second-order valence-corrected chi connectivity index (χ2v) is 3.62. The van der Waals surface area contributed by atoms with E-state index in [-0.39, 0.29) is 0 Å². The molecule has 0 saturated heterocycles. The first-order valence-electron chi connectivity index (χ1n) is 6.19. The van der Waals surface area contributed by atoms with Crippen LogP contribution in [0.3, 0.4) is 0 Å². The van der Waals surface area contributed by atoms with Gasteiger partial charge in [-0.15, -0.1) is 0 Å². The first kappa shape index (κ1) is 17.5. The molecule has 1 rings (SSSR count). The highest BCUT2D eigenvalue weighted by atomic mass is 14.9. The fraction of sp³-hybridized carbons (Fsp3) is 0.643. The summed E-state index contributed by atoms with van der Waals surface area (Å²) < 4.78 is 0. The molecule has 1 aromatic heterocycles. The molecule has 0 aliphatic rings. The van der Waals surface area contributed by atoms with Gasteiger partial charge in [0.1, 0.15) is 0 Å². The lowest BCUT2D eigenvalue weighted by Gasteiger charge is -2.00. The molecule has 94 valence electrons. The quantitative estimate of drug-likeness (QED) is 0.828. The Labute approximate surface area is 101 Å². The standard InChI is InChI=1S/C7H9N.C5H13N.C2H6/c1-6-4-3-5-8-7(6)2;1-4-6-5(2)3;1-2/h3-5H,1-2H3;5-6H,4H2,1-3H3;1-2H3. The number of nitrogens with zero attached hydrogens (tertiary/aromatic N) is 1. The number of hydrogen-bond donors (Lipinski definition) is 1. The average molecular weight is 224 g/mol. The van der Waals surface area contributed by atoms with Gasteiger partial charge in [-0.25, -0.2) is 0 Å². The van der Waals surface area contributed by atoms with Crippen LogP contribution in [-0.2, 0) is 0 Å². The molecule has 16 heavy (non-hydrogen) atoms. The maximum absolute atomic E-state index is 4.08. The Hall–Kier alpha value is -0.890. The number of hydrogen-bond acceptors (Lipinski definition) is 2. The predicted octanol–water partition coefficient (Wildman–Crippen LogP) is 3.73. The first-order valence-corrected chi connectivity index (χ1v) is 6.19. The summed E-state index contributed by atoms with van der Waals surface area (Å²) in [5.41, 5.74) is 2.38. The molecule has 0 unspecified atom stereocenters. The lowest BCUT2D eigenvalue weighted by molar-refractivity contribution is 0.613. The first-order chi connectivity index (χ1) is 7.57. The summed E-state index contributed by atoms with van der Waals surface area (Å²) in [7, 11) is 0. The molecule has 0 aromatic carbocycles. The van der Waals surface area contributed by atoms with Crippen LogP contribution in [0.2, 0.25) is 0 Å². The van der Waals surface area contributed by atoms with Crippen LogP contribution >= 0.6 is 0 Å². The van der Waals surface area contributed by atoms with E-state index in [1.807, 2.05) is 33.0 Å². The van der Waals surface area contributed by atoms with Crippen molar-refractivity contribution < 1.29 is 0 Å². The number of rotatable bonds is 2. The Morgan fingerprint density at radius 1 is 1.25 bits per heavy atom. The van der Waals surface area contributed by atoms with E-state index >= 15 is 0 Å². The second kappa shape index (κ2) is 12.2. The Balaban J connectivity index is 0. The molecule has 2 nitrogen and oxygen atoms in total. The third-order valence-electron chi connectivity index (χ3n) is 1.88. The van der Waals surface area contributed by atoms with Crippen LogP contribution < -0.4 is 5.32 Å². The van der Waals surface area contributed by atoms with Crippen LogP contribution in [0.1, 0.15) is 45.9 Å². The van der Waals surface area contributed by atoms with Gasteiger partial charge in [0.15, 0.2) is 0 Å². The molecule has 2 heteroatoms. The largest absolute Gasteiger partial charge is 0.315 e. The van der Waals surface area contributed by atoms with E-state index in [9.17, 15) is 0 Å². The minimum atomic E-state index is 0.648. The highest BCUT2D eigenvalue weighted by molar-refractivity contribution is 5.15. The SMILES string of the molecule is CC.CCNC(C)C.Cc1cccnc1C. The third kappa shape index (κ3) is 11.2. The lowest BCUT2D eigenvalue weighted by atomic mass is 10.2. The lowest BCUT2D eigenvalue weighted by Crippen LogP contribution is -2.21. The molecule has 1 heterocycles. The molecular formula is C14H28N2. The Kier molecular flexibility index (Phi) is 13.3. The Morgan fingerprint density at radius 3 is 2.00 bits per heavy atom. The minimum Gasteiger partial charge on any atom is -0.315 e. The summed E-state index contributed by atoms with van der Waals surface area (Å²) in [4.78, 5) is 4.08. The third-order valence-corrected chi connectivity index (χ3v) is 1.88. The van der Waals surface area contributed by atoms with Crippen molar-refractivity contribution in [1.82, 2.24) is 10.3 Å². The van der Waals surface area contributed by atoms with E-state index in [1.54, 1.807) is 0 Å². The molecule has 0 atom stereocenters. The smallest absolute Gasteiger partial charge is 0.0401 e. The van der Waals surface area contributed by atoms with Crippen LogP contribution in [0.25, 0.3) is 0 Å². The number of nitrogens with one attached hydrogen (secondary N) is 1. The van der Waals surface area contributed by atoms with Crippen LogP contribution in [-0.4, -0.2) is 17.6 Å². The normalized spacial score (nSPS) is 8.75. The molecule has 0 radical (unpaired) electrons. The van der Waals surface area contributed by atoms with Gasteiger partial charge in [-0.2, -0.15) is 0 Å². The van der Waals surface area contributed by atoms with E-state index in [4.69, 9.17) is 0 Å². The molecule has 0 bridgehead atoms. The highest BCUT2D eigenvalue weighted by Gasteiger charge is 1.85. The fourth-order valence-electron chi connectivity index (χ4n) is 0.973. The van der Waals surface area contributed by atoms with Gasteiger partial charge in [-0.1, -0.05) is 40.7 Å². The second-order valence-electron chi connectivity index (χ2n) is 3.62. The molecular weight excluding hydrogens is 196 g/mol. The van der Waals surface area contributed by atoms with Crippen molar-refractivity contribution in [2.45, 2.75) is 54.5 Å².